The summed E-state index contributed by atoms with van der Waals surface area (Å²) < 4.78 is 12.9. The summed E-state index contributed by atoms with van der Waals surface area (Å²) in [5, 5.41) is 15.3. The molecule has 302 valence electrons. The summed E-state index contributed by atoms with van der Waals surface area (Å²) in [5.41, 5.74) is 4.98. The lowest BCUT2D eigenvalue weighted by atomic mass is 9.83. The molecule has 6 heteroatoms. The summed E-state index contributed by atoms with van der Waals surface area (Å²) in [6.07, 6.45) is 13.2. The van der Waals surface area contributed by atoms with Gasteiger partial charge in [0.25, 0.3) is 0 Å². The summed E-state index contributed by atoms with van der Waals surface area (Å²) in [4.78, 5) is 9.32. The van der Waals surface area contributed by atoms with Gasteiger partial charge in [0.15, 0.2) is 0 Å². The van der Waals surface area contributed by atoms with Crippen molar-refractivity contribution in [3.63, 3.8) is 0 Å². The Balaban J connectivity index is 1.07. The quantitative estimate of drug-likeness (QED) is 0.0261. The van der Waals surface area contributed by atoms with Crippen molar-refractivity contribution in [1.29, 1.82) is 0 Å². The van der Waals surface area contributed by atoms with Crippen LogP contribution in [0.3, 0.4) is 0 Å². The number of hydrogen-bond acceptors (Lipinski definition) is 5. The molecule has 4 atom stereocenters. The van der Waals surface area contributed by atoms with Gasteiger partial charge in [-0.2, -0.15) is 0 Å². The number of hydrogen-bond donors (Lipinski definition) is 0. The summed E-state index contributed by atoms with van der Waals surface area (Å²) in [5.74, 6) is 2.65. The molecule has 4 unspecified atom stereocenters. The average molecular weight is 779 g/mol. The topological polar surface area (TPSA) is 60.0 Å². The van der Waals surface area contributed by atoms with Crippen LogP contribution in [0.1, 0.15) is 114 Å². The van der Waals surface area contributed by atoms with E-state index in [1.807, 2.05) is 0 Å². The Morgan fingerprint density at radius 3 is 1.73 bits per heavy atom. The maximum absolute atomic E-state index is 10.9. The first-order valence-corrected chi connectivity index (χ1v) is 23.0. The normalized spacial score (nSPS) is 17.0. The molecule has 5 nitrogen and oxygen atoms in total. The highest BCUT2D eigenvalue weighted by Crippen LogP contribution is 2.61. The van der Waals surface area contributed by atoms with Crippen LogP contribution in [0.5, 0.6) is 11.5 Å². The minimum absolute atomic E-state index is 0.143. The van der Waals surface area contributed by atoms with Crippen molar-refractivity contribution in [2.75, 3.05) is 13.2 Å². The summed E-state index contributed by atoms with van der Waals surface area (Å²) in [6, 6.07) is 34.0. The van der Waals surface area contributed by atoms with Gasteiger partial charge in [0.05, 0.1) is 11.6 Å². The molecule has 0 N–H and O–H groups in total. The smallest absolute Gasteiger partial charge is 0.127 e. The van der Waals surface area contributed by atoms with Gasteiger partial charge >= 0.3 is 0 Å². The van der Waals surface area contributed by atoms with Crippen molar-refractivity contribution < 1.29 is 24.4 Å². The molecule has 0 radical (unpaired) electrons. The van der Waals surface area contributed by atoms with Crippen LogP contribution in [0, 0.1) is 32.6 Å². The Labute approximate surface area is 339 Å². The molecular formula is C50H67O5P. The maximum atomic E-state index is 10.9. The van der Waals surface area contributed by atoms with E-state index in [1.165, 1.54) is 72.8 Å². The molecule has 5 rings (SSSR count). The van der Waals surface area contributed by atoms with Crippen molar-refractivity contribution in [1.82, 2.24) is 0 Å². The third-order valence-corrected chi connectivity index (χ3v) is 17.3. The molecule has 0 aromatic heterocycles. The Morgan fingerprint density at radius 2 is 1.21 bits per heavy atom. The zero-order chi connectivity index (χ0) is 40.1. The molecule has 0 amide bonds. The van der Waals surface area contributed by atoms with Crippen LogP contribution in [0.15, 0.2) is 104 Å². The van der Waals surface area contributed by atoms with Crippen molar-refractivity contribution in [2.45, 2.75) is 130 Å². The third-order valence-electron chi connectivity index (χ3n) is 12.4. The van der Waals surface area contributed by atoms with E-state index in [1.54, 1.807) is 0 Å². The summed E-state index contributed by atoms with van der Waals surface area (Å²) >= 11 is 0. The molecular weight excluding hydrogens is 712 g/mol. The van der Waals surface area contributed by atoms with Gasteiger partial charge in [0.1, 0.15) is 53.5 Å². The number of benzene rings is 4. The van der Waals surface area contributed by atoms with Gasteiger partial charge in [0, 0.05) is 5.56 Å². The summed E-state index contributed by atoms with van der Waals surface area (Å²) in [6.45, 7) is 19.6. The molecule has 0 fully saturated rings. The highest BCUT2D eigenvalue weighted by atomic mass is 31.2. The first-order valence-electron chi connectivity index (χ1n) is 21.1. The lowest BCUT2D eigenvalue weighted by Gasteiger charge is -2.38. The standard InChI is InChI=1S/C50H67O5P/c1-37(23-19-25-39(3)56(44-26-12-9-13-27-44,45-28-14-10-15-29-45)46-30-16-11-17-31-46)21-18-22-38(2)24-20-33-50(8)34-32-47-42(6)48(40(4)41(5)49(47)54-50)52-35-36-53-55-43(7)51/h9-17,26-31,37-39H,7,18-25,32-36H2,1-6,8H3. The molecule has 0 spiro atoms. The van der Waals surface area contributed by atoms with E-state index in [4.69, 9.17) is 14.4 Å². The SMILES string of the molecule is C=C([O-])OOCCOc1c(C)c(C)c2c(c1C)CCC(C)(CCCC(C)CCCC(C)CCCC(C)[P+](c1ccccc1)(c1ccccc1)c1ccccc1)O2. The molecule has 1 heterocycles. The highest BCUT2D eigenvalue weighted by Gasteiger charge is 2.49. The van der Waals surface area contributed by atoms with E-state index in [0.29, 0.717) is 5.66 Å². The molecule has 1 aliphatic rings. The molecule has 4 aromatic carbocycles. The van der Waals surface area contributed by atoms with Crippen LogP contribution in [0.25, 0.3) is 0 Å². The molecule has 0 aliphatic carbocycles. The zero-order valence-electron chi connectivity index (χ0n) is 35.3. The summed E-state index contributed by atoms with van der Waals surface area (Å²) in [7, 11) is -1.83. The second-order valence-electron chi connectivity index (χ2n) is 16.7. The van der Waals surface area contributed by atoms with Crippen LogP contribution in [-0.2, 0) is 16.2 Å². The largest absolute Gasteiger partial charge is 0.545 e. The van der Waals surface area contributed by atoms with Gasteiger partial charge in [-0.1, -0.05) is 107 Å². The van der Waals surface area contributed by atoms with Crippen molar-refractivity contribution in [3.8, 4) is 11.5 Å². The van der Waals surface area contributed by atoms with Crippen molar-refractivity contribution >= 4 is 23.2 Å². The first-order chi connectivity index (χ1) is 27.0. The van der Waals surface area contributed by atoms with E-state index < -0.39 is 13.2 Å². The van der Waals surface area contributed by atoms with Crippen molar-refractivity contribution in [3.05, 3.63) is 126 Å². The molecule has 0 bridgehead atoms. The maximum Gasteiger partial charge on any atom is 0.127 e. The van der Waals surface area contributed by atoms with E-state index in [-0.39, 0.29) is 18.8 Å². The fourth-order valence-electron chi connectivity index (χ4n) is 9.04. The molecule has 4 aromatic rings. The molecule has 1 aliphatic heterocycles. The minimum atomic E-state index is -1.83. The second kappa shape index (κ2) is 20.6. The first kappa shape index (κ1) is 43.3. The Bertz CT molecular complexity index is 1710. The van der Waals surface area contributed by atoms with Crippen LogP contribution in [-0.4, -0.2) is 24.5 Å². The lowest BCUT2D eigenvalue weighted by molar-refractivity contribution is -0.434. The van der Waals surface area contributed by atoms with Gasteiger partial charge in [0.2, 0.25) is 0 Å². The van der Waals surface area contributed by atoms with Gasteiger partial charge in [-0.3, -0.25) is 4.89 Å². The monoisotopic (exact) mass is 778 g/mol. The fourth-order valence-corrected chi connectivity index (χ4v) is 14.0. The van der Waals surface area contributed by atoms with E-state index in [9.17, 15) is 5.11 Å². The fraction of sp³-hybridized carbons (Fsp3) is 0.480. The molecule has 0 saturated carbocycles. The van der Waals surface area contributed by atoms with Gasteiger partial charge in [-0.05, 0) is 138 Å². The van der Waals surface area contributed by atoms with Crippen LogP contribution in [0.2, 0.25) is 0 Å². The Kier molecular flexibility index (Phi) is 15.9. The number of rotatable bonds is 22. The molecule has 0 saturated heterocycles. The van der Waals surface area contributed by atoms with Crippen molar-refractivity contribution in [2.24, 2.45) is 11.8 Å². The predicted molar refractivity (Wildman–Crippen MR) is 234 cm³/mol. The molecule has 56 heavy (non-hydrogen) atoms. The van der Waals surface area contributed by atoms with Crippen LogP contribution >= 0.6 is 7.26 Å². The average Bonchev–Trinajstić information content (AvgIpc) is 3.19. The predicted octanol–water partition coefficient (Wildman–Crippen LogP) is 11.0. The number of fused-ring (bicyclic) bond motifs is 1. The zero-order valence-corrected chi connectivity index (χ0v) is 36.2. The third kappa shape index (κ3) is 10.8. The van der Waals surface area contributed by atoms with Gasteiger partial charge in [-0.15, -0.1) is 0 Å². The second-order valence-corrected chi connectivity index (χ2v) is 20.6. The minimum Gasteiger partial charge on any atom is -0.545 e. The Morgan fingerprint density at radius 1 is 0.714 bits per heavy atom. The van der Waals surface area contributed by atoms with Crippen LogP contribution in [0.4, 0.5) is 0 Å². The number of ether oxygens (including phenoxy) is 2. The van der Waals surface area contributed by atoms with E-state index in [2.05, 4.69) is 151 Å². The van der Waals surface area contributed by atoms with Crippen LogP contribution < -0.4 is 30.5 Å². The lowest BCUT2D eigenvalue weighted by Crippen LogP contribution is -2.37. The van der Waals surface area contributed by atoms with E-state index >= 15 is 0 Å². The Hall–Kier alpha value is -3.79. The van der Waals surface area contributed by atoms with Gasteiger partial charge in [-0.25, -0.2) is 0 Å². The highest BCUT2D eigenvalue weighted by molar-refractivity contribution is 7.96. The van der Waals surface area contributed by atoms with E-state index in [0.717, 1.165) is 59.3 Å². The van der Waals surface area contributed by atoms with Gasteiger partial charge < -0.3 is 19.5 Å².